The van der Waals surface area contributed by atoms with Crippen molar-refractivity contribution < 1.29 is 29.0 Å². The molecule has 0 aromatic carbocycles. The van der Waals surface area contributed by atoms with Crippen LogP contribution >= 0.6 is 0 Å². The predicted octanol–water partition coefficient (Wildman–Crippen LogP) is 0.0104. The molecule has 0 saturated carbocycles. The van der Waals surface area contributed by atoms with Crippen LogP contribution in [0.1, 0.15) is 12.8 Å². The number of anilines is 1. The number of cyclic esters (lactones) is 1. The summed E-state index contributed by atoms with van der Waals surface area (Å²) >= 11 is 0. The molecule has 3 saturated heterocycles. The molecule has 1 aromatic heterocycles. The van der Waals surface area contributed by atoms with Gasteiger partial charge in [-0.1, -0.05) is 0 Å². The van der Waals surface area contributed by atoms with Crippen LogP contribution in [-0.2, 0) is 14.3 Å². The summed E-state index contributed by atoms with van der Waals surface area (Å²) < 4.78 is 10.2. The van der Waals surface area contributed by atoms with Gasteiger partial charge in [0.25, 0.3) is 6.47 Å². The van der Waals surface area contributed by atoms with Crippen LogP contribution in [0.25, 0.3) is 0 Å². The molecule has 12 nitrogen and oxygen atoms in total. The van der Waals surface area contributed by atoms with Crippen molar-refractivity contribution in [1.82, 2.24) is 25.1 Å². The van der Waals surface area contributed by atoms with E-state index in [4.69, 9.17) is 19.4 Å². The number of ether oxygens (including phenoxy) is 2. The van der Waals surface area contributed by atoms with Crippen LogP contribution in [0.4, 0.5) is 15.5 Å². The molecule has 1 aromatic rings. The largest absolute Gasteiger partial charge is 0.509 e. The zero-order chi connectivity index (χ0) is 22.1. The molecule has 0 radical (unpaired) electrons. The first-order valence-electron chi connectivity index (χ1n) is 10.3. The lowest BCUT2D eigenvalue weighted by molar-refractivity contribution is -0.122. The molecule has 31 heavy (non-hydrogen) atoms. The number of carbonyl (C=O) groups is 3. The molecule has 1 spiro atoms. The topological polar surface area (TPSA) is 137 Å². The Hall–Kier alpha value is -3.15. The molecule has 3 aliphatic heterocycles. The SMILES string of the molecule is O=C1OCC2(CCN(C(=O)NCCN3CCN(c4ncccn4)CC3)CC2)O1.O=CO. The van der Waals surface area contributed by atoms with E-state index < -0.39 is 11.8 Å². The Labute approximate surface area is 180 Å². The van der Waals surface area contributed by atoms with Gasteiger partial charge in [-0.2, -0.15) is 0 Å². The number of nitrogens with one attached hydrogen (secondary N) is 1. The summed E-state index contributed by atoms with van der Waals surface area (Å²) in [7, 11) is 0. The molecule has 2 amide bonds. The molecule has 12 heteroatoms. The van der Waals surface area contributed by atoms with Gasteiger partial charge in [0, 0.05) is 77.6 Å². The zero-order valence-corrected chi connectivity index (χ0v) is 17.3. The quantitative estimate of drug-likeness (QED) is 0.490. The number of nitrogens with zero attached hydrogens (tertiary/aromatic N) is 5. The minimum Gasteiger partial charge on any atom is -0.483 e. The van der Waals surface area contributed by atoms with E-state index in [2.05, 4.69) is 25.1 Å². The third-order valence-electron chi connectivity index (χ3n) is 5.63. The molecule has 0 atom stereocenters. The summed E-state index contributed by atoms with van der Waals surface area (Å²) in [4.78, 5) is 46.8. The van der Waals surface area contributed by atoms with Crippen molar-refractivity contribution in [2.24, 2.45) is 0 Å². The second kappa shape index (κ2) is 10.8. The van der Waals surface area contributed by atoms with Crippen molar-refractivity contribution in [2.45, 2.75) is 18.4 Å². The second-order valence-corrected chi connectivity index (χ2v) is 7.53. The van der Waals surface area contributed by atoms with Crippen LogP contribution < -0.4 is 10.2 Å². The lowest BCUT2D eigenvalue weighted by Crippen LogP contribution is -2.52. The highest BCUT2D eigenvalue weighted by atomic mass is 16.8. The van der Waals surface area contributed by atoms with Gasteiger partial charge in [0.2, 0.25) is 5.95 Å². The van der Waals surface area contributed by atoms with E-state index in [9.17, 15) is 9.59 Å². The summed E-state index contributed by atoms with van der Waals surface area (Å²) in [6.45, 7) is 6.22. The fourth-order valence-electron chi connectivity index (χ4n) is 3.85. The summed E-state index contributed by atoms with van der Waals surface area (Å²) in [5.74, 6) is 0.775. The second-order valence-electron chi connectivity index (χ2n) is 7.53. The minimum absolute atomic E-state index is 0.0589. The molecular weight excluding hydrogens is 408 g/mol. The van der Waals surface area contributed by atoms with Crippen molar-refractivity contribution in [3.05, 3.63) is 18.5 Å². The fraction of sp³-hybridized carbons (Fsp3) is 0.632. The number of carbonyl (C=O) groups excluding carboxylic acids is 2. The van der Waals surface area contributed by atoms with E-state index in [-0.39, 0.29) is 12.5 Å². The third-order valence-corrected chi connectivity index (χ3v) is 5.63. The van der Waals surface area contributed by atoms with Crippen molar-refractivity contribution >= 4 is 24.6 Å². The number of likely N-dealkylation sites (tertiary alicyclic amines) is 1. The van der Waals surface area contributed by atoms with Crippen molar-refractivity contribution in [1.29, 1.82) is 0 Å². The summed E-state index contributed by atoms with van der Waals surface area (Å²) in [5.41, 5.74) is -0.532. The smallest absolute Gasteiger partial charge is 0.483 e. The van der Waals surface area contributed by atoms with Gasteiger partial charge in [0.15, 0.2) is 5.60 Å². The normalized spacial score (nSPS) is 20.3. The van der Waals surface area contributed by atoms with Gasteiger partial charge >= 0.3 is 12.2 Å². The first-order valence-corrected chi connectivity index (χ1v) is 10.3. The lowest BCUT2D eigenvalue weighted by Gasteiger charge is -2.36. The van der Waals surface area contributed by atoms with E-state index in [1.54, 1.807) is 17.3 Å². The Kier molecular flexibility index (Phi) is 7.82. The van der Waals surface area contributed by atoms with E-state index in [1.165, 1.54) is 0 Å². The average molecular weight is 436 g/mol. The number of aromatic nitrogens is 2. The van der Waals surface area contributed by atoms with Crippen LogP contribution in [-0.4, -0.2) is 108 Å². The number of hydrogen-bond acceptors (Lipinski definition) is 9. The summed E-state index contributed by atoms with van der Waals surface area (Å²) in [6.07, 6.45) is 4.16. The van der Waals surface area contributed by atoms with Crippen LogP contribution in [0.15, 0.2) is 18.5 Å². The van der Waals surface area contributed by atoms with Crippen LogP contribution in [0.3, 0.4) is 0 Å². The van der Waals surface area contributed by atoms with E-state index >= 15 is 0 Å². The third kappa shape index (κ3) is 6.17. The van der Waals surface area contributed by atoms with Gasteiger partial charge in [-0.25, -0.2) is 19.6 Å². The maximum absolute atomic E-state index is 12.4. The molecule has 4 rings (SSSR count). The lowest BCUT2D eigenvalue weighted by atomic mass is 9.92. The van der Waals surface area contributed by atoms with Crippen molar-refractivity contribution in [2.75, 3.05) is 63.9 Å². The first-order chi connectivity index (χ1) is 15.0. The Bertz CT molecular complexity index is 735. The van der Waals surface area contributed by atoms with Crippen LogP contribution in [0.2, 0.25) is 0 Å². The molecule has 0 unspecified atom stereocenters. The molecule has 3 fully saturated rings. The minimum atomic E-state index is -0.600. The van der Waals surface area contributed by atoms with Crippen molar-refractivity contribution in [3.63, 3.8) is 0 Å². The van der Waals surface area contributed by atoms with Crippen LogP contribution in [0.5, 0.6) is 0 Å². The number of carboxylic acid groups (broad SMARTS) is 1. The number of urea groups is 1. The number of rotatable bonds is 4. The molecule has 0 bridgehead atoms. The zero-order valence-electron chi connectivity index (χ0n) is 17.3. The van der Waals surface area contributed by atoms with E-state index in [0.29, 0.717) is 39.1 Å². The molecule has 0 aliphatic carbocycles. The van der Waals surface area contributed by atoms with Gasteiger partial charge in [-0.05, 0) is 6.07 Å². The Balaban J connectivity index is 0.000000858. The highest BCUT2D eigenvalue weighted by Crippen LogP contribution is 2.31. The Morgan fingerprint density at radius 2 is 1.81 bits per heavy atom. The number of piperazine rings is 1. The Morgan fingerprint density at radius 1 is 1.16 bits per heavy atom. The molecule has 4 heterocycles. The van der Waals surface area contributed by atoms with Gasteiger partial charge < -0.3 is 29.7 Å². The molecule has 3 aliphatic rings. The first kappa shape index (κ1) is 22.5. The number of hydrogen-bond donors (Lipinski definition) is 2. The van der Waals surface area contributed by atoms with E-state index in [0.717, 1.165) is 38.7 Å². The van der Waals surface area contributed by atoms with Crippen LogP contribution in [0, 0.1) is 0 Å². The predicted molar refractivity (Wildman–Crippen MR) is 109 cm³/mol. The van der Waals surface area contributed by atoms with Gasteiger partial charge in [0.1, 0.15) is 6.61 Å². The highest BCUT2D eigenvalue weighted by Gasteiger charge is 2.45. The maximum Gasteiger partial charge on any atom is 0.509 e. The van der Waals surface area contributed by atoms with Crippen molar-refractivity contribution in [3.8, 4) is 0 Å². The summed E-state index contributed by atoms with van der Waals surface area (Å²) in [5, 5.41) is 9.89. The Morgan fingerprint density at radius 3 is 2.39 bits per heavy atom. The molecule has 170 valence electrons. The molecule has 2 N–H and O–H groups in total. The molecular formula is C19H28N6O6. The maximum atomic E-state index is 12.4. The number of piperidine rings is 1. The average Bonchev–Trinajstić information content (AvgIpc) is 3.15. The number of amides is 2. The van der Waals surface area contributed by atoms with Gasteiger partial charge in [-0.3, -0.25) is 9.69 Å². The summed E-state index contributed by atoms with van der Waals surface area (Å²) in [6, 6.07) is 1.76. The fourth-order valence-corrected chi connectivity index (χ4v) is 3.85. The standard InChI is InChI=1S/C18H26N6O4.CH2O2/c25-16(24-7-2-18(3-8-24)14-27-17(26)28-18)21-6-9-22-10-12-23(13-11-22)15-19-4-1-5-20-15;2-1-3/h1,4-5H,2-3,6-14H2,(H,21,25);1H,(H,2,3). The van der Waals surface area contributed by atoms with Gasteiger partial charge in [-0.15, -0.1) is 0 Å². The monoisotopic (exact) mass is 436 g/mol. The highest BCUT2D eigenvalue weighted by molar-refractivity contribution is 5.74. The van der Waals surface area contributed by atoms with E-state index in [1.807, 2.05) is 6.07 Å². The van der Waals surface area contributed by atoms with Gasteiger partial charge in [0.05, 0.1) is 0 Å².